The van der Waals surface area contributed by atoms with Crippen LogP contribution in [0, 0.1) is 0 Å². The Morgan fingerprint density at radius 1 is 1.23 bits per heavy atom. The Balaban J connectivity index is 2.10. The average molecular weight is 323 g/mol. The van der Waals surface area contributed by atoms with E-state index in [0.717, 1.165) is 16.6 Å². The third-order valence-corrected chi connectivity index (χ3v) is 3.44. The number of aromatic nitrogens is 2. The van der Waals surface area contributed by atoms with Gasteiger partial charge in [-0.1, -0.05) is 0 Å². The molecule has 0 unspecified atom stereocenters. The molecule has 6 nitrogen and oxygen atoms in total. The maximum Gasteiger partial charge on any atom is 0.207 e. The molecule has 0 radical (unpaired) electrons. The summed E-state index contributed by atoms with van der Waals surface area (Å²) in [6.45, 7) is 4.57. The number of rotatable bonds is 8. The van der Waals surface area contributed by atoms with E-state index in [0.29, 0.717) is 24.5 Å². The van der Waals surface area contributed by atoms with Crippen LogP contribution in [0.15, 0.2) is 18.2 Å². The van der Waals surface area contributed by atoms with Gasteiger partial charge in [0, 0.05) is 36.8 Å². The molecule has 0 bridgehead atoms. The first kappa shape index (κ1) is 16.5. The van der Waals surface area contributed by atoms with Gasteiger partial charge in [0.05, 0.1) is 19.8 Å². The van der Waals surface area contributed by atoms with Crippen molar-refractivity contribution in [2.75, 3.05) is 26.1 Å². The molecule has 1 N–H and O–H groups in total. The van der Waals surface area contributed by atoms with Crippen LogP contribution in [0.2, 0.25) is 0 Å². The number of ether oxygens (including phenoxy) is 3. The van der Waals surface area contributed by atoms with Crippen LogP contribution >= 0.6 is 11.5 Å². The zero-order chi connectivity index (χ0) is 15.9. The van der Waals surface area contributed by atoms with Crippen LogP contribution in [0.4, 0.5) is 10.8 Å². The van der Waals surface area contributed by atoms with Crippen molar-refractivity contribution in [1.29, 1.82) is 0 Å². The summed E-state index contributed by atoms with van der Waals surface area (Å²) >= 11 is 1.32. The van der Waals surface area contributed by atoms with E-state index >= 15 is 0 Å². The minimum absolute atomic E-state index is 0.0753. The van der Waals surface area contributed by atoms with Crippen molar-refractivity contribution in [3.63, 3.8) is 0 Å². The zero-order valence-corrected chi connectivity index (χ0v) is 14.1. The number of nitrogens with one attached hydrogen (secondary N) is 1. The van der Waals surface area contributed by atoms with E-state index in [1.54, 1.807) is 14.2 Å². The molecule has 0 atom stereocenters. The highest BCUT2D eigenvalue weighted by atomic mass is 32.1. The maximum atomic E-state index is 5.76. The van der Waals surface area contributed by atoms with Crippen LogP contribution in [0.5, 0.6) is 11.5 Å². The molecule has 1 aromatic heterocycles. The number of hydrogen-bond donors (Lipinski definition) is 1. The molecule has 7 heteroatoms. The van der Waals surface area contributed by atoms with Crippen LogP contribution in [0.1, 0.15) is 19.7 Å². The predicted octanol–water partition coefficient (Wildman–Crippen LogP) is 3.27. The Morgan fingerprint density at radius 3 is 2.73 bits per heavy atom. The predicted molar refractivity (Wildman–Crippen MR) is 87.5 cm³/mol. The fraction of sp³-hybridized carbons (Fsp3) is 0.467. The Kier molecular flexibility index (Phi) is 5.97. The van der Waals surface area contributed by atoms with Gasteiger partial charge in [0.15, 0.2) is 11.5 Å². The molecule has 0 aliphatic rings. The molecule has 1 heterocycles. The van der Waals surface area contributed by atoms with Crippen molar-refractivity contribution in [2.45, 2.75) is 26.4 Å². The van der Waals surface area contributed by atoms with Gasteiger partial charge in [0.1, 0.15) is 5.82 Å². The molecule has 0 fully saturated rings. The molecular formula is C15H21N3O3S. The summed E-state index contributed by atoms with van der Waals surface area (Å²) in [5, 5.41) is 3.98. The molecule has 0 saturated carbocycles. The standard InChI is InChI=1S/C15H21N3O3S/c1-10(2)21-13-9-11(5-6-12(13)20-4)16-15-17-14(18-22-15)7-8-19-3/h5-6,9-10H,7-8H2,1-4H3,(H,16,17,18). The molecular weight excluding hydrogens is 302 g/mol. The minimum Gasteiger partial charge on any atom is -0.493 e. The molecule has 22 heavy (non-hydrogen) atoms. The molecule has 1 aromatic carbocycles. The van der Waals surface area contributed by atoms with Gasteiger partial charge in [0.2, 0.25) is 5.13 Å². The SMILES string of the molecule is COCCc1nsc(Nc2ccc(OC)c(OC(C)C)c2)n1. The number of anilines is 2. The molecule has 120 valence electrons. The van der Waals surface area contributed by atoms with E-state index in [1.807, 2.05) is 32.0 Å². The van der Waals surface area contributed by atoms with E-state index in [2.05, 4.69) is 14.7 Å². The van der Waals surface area contributed by atoms with E-state index in [1.165, 1.54) is 11.5 Å². The van der Waals surface area contributed by atoms with E-state index in [4.69, 9.17) is 14.2 Å². The van der Waals surface area contributed by atoms with Gasteiger partial charge in [0.25, 0.3) is 0 Å². The first-order valence-corrected chi connectivity index (χ1v) is 7.83. The van der Waals surface area contributed by atoms with Crippen LogP contribution < -0.4 is 14.8 Å². The van der Waals surface area contributed by atoms with E-state index in [-0.39, 0.29) is 6.10 Å². The van der Waals surface area contributed by atoms with Gasteiger partial charge < -0.3 is 19.5 Å². The first-order chi connectivity index (χ1) is 10.6. The zero-order valence-electron chi connectivity index (χ0n) is 13.3. The first-order valence-electron chi connectivity index (χ1n) is 7.05. The lowest BCUT2D eigenvalue weighted by Crippen LogP contribution is -2.07. The number of hydrogen-bond acceptors (Lipinski definition) is 7. The monoisotopic (exact) mass is 323 g/mol. The second-order valence-electron chi connectivity index (χ2n) is 4.92. The molecule has 0 spiro atoms. The summed E-state index contributed by atoms with van der Waals surface area (Å²) in [5.74, 6) is 2.19. The highest BCUT2D eigenvalue weighted by molar-refractivity contribution is 7.09. The fourth-order valence-corrected chi connectivity index (χ4v) is 2.46. The lowest BCUT2D eigenvalue weighted by molar-refractivity contribution is 0.201. The summed E-state index contributed by atoms with van der Waals surface area (Å²) in [5.41, 5.74) is 0.880. The normalized spacial score (nSPS) is 10.8. The number of methoxy groups -OCH3 is 2. The van der Waals surface area contributed by atoms with Gasteiger partial charge in [-0.05, 0) is 26.0 Å². The highest BCUT2D eigenvalue weighted by Crippen LogP contribution is 2.32. The minimum atomic E-state index is 0.0753. The maximum absolute atomic E-state index is 5.76. The van der Waals surface area contributed by atoms with Gasteiger partial charge in [-0.25, -0.2) is 4.98 Å². The van der Waals surface area contributed by atoms with Crippen molar-refractivity contribution in [1.82, 2.24) is 9.36 Å². The second-order valence-corrected chi connectivity index (χ2v) is 5.67. The highest BCUT2D eigenvalue weighted by Gasteiger charge is 2.09. The van der Waals surface area contributed by atoms with E-state index in [9.17, 15) is 0 Å². The Morgan fingerprint density at radius 2 is 2.05 bits per heavy atom. The third-order valence-electron chi connectivity index (χ3n) is 2.78. The van der Waals surface area contributed by atoms with Gasteiger partial charge in [-0.3, -0.25) is 0 Å². The Labute approximate surface area is 134 Å². The second kappa shape index (κ2) is 7.95. The third kappa shape index (κ3) is 4.57. The van der Waals surface area contributed by atoms with E-state index < -0.39 is 0 Å². The molecule has 2 aromatic rings. The quantitative estimate of drug-likeness (QED) is 0.804. The largest absolute Gasteiger partial charge is 0.493 e. The topological polar surface area (TPSA) is 65.5 Å². The smallest absolute Gasteiger partial charge is 0.207 e. The van der Waals surface area contributed by atoms with Crippen molar-refractivity contribution in [3.8, 4) is 11.5 Å². The van der Waals surface area contributed by atoms with Crippen molar-refractivity contribution < 1.29 is 14.2 Å². The summed E-state index contributed by atoms with van der Waals surface area (Å²) in [4.78, 5) is 4.42. The molecule has 2 rings (SSSR count). The summed E-state index contributed by atoms with van der Waals surface area (Å²) in [6, 6.07) is 5.68. The Hall–Kier alpha value is -1.86. The average Bonchev–Trinajstić information content (AvgIpc) is 2.92. The van der Waals surface area contributed by atoms with Crippen LogP contribution in [-0.4, -0.2) is 36.3 Å². The molecule has 0 aliphatic heterocycles. The summed E-state index contributed by atoms with van der Waals surface area (Å²) < 4.78 is 20.4. The van der Waals surface area contributed by atoms with Gasteiger partial charge in [-0.2, -0.15) is 4.37 Å². The Bertz CT molecular complexity index is 601. The lowest BCUT2D eigenvalue weighted by atomic mass is 10.2. The molecule has 0 amide bonds. The van der Waals surface area contributed by atoms with Crippen LogP contribution in [-0.2, 0) is 11.2 Å². The van der Waals surface area contributed by atoms with Crippen molar-refractivity contribution in [3.05, 3.63) is 24.0 Å². The number of nitrogens with zero attached hydrogens (tertiary/aromatic N) is 2. The summed E-state index contributed by atoms with van der Waals surface area (Å²) in [7, 11) is 3.29. The molecule has 0 aliphatic carbocycles. The van der Waals surface area contributed by atoms with Gasteiger partial charge in [-0.15, -0.1) is 0 Å². The van der Waals surface area contributed by atoms with Crippen molar-refractivity contribution in [2.24, 2.45) is 0 Å². The van der Waals surface area contributed by atoms with Gasteiger partial charge >= 0.3 is 0 Å². The van der Waals surface area contributed by atoms with Crippen LogP contribution in [0.25, 0.3) is 0 Å². The molecule has 0 saturated heterocycles. The lowest BCUT2D eigenvalue weighted by Gasteiger charge is -2.14. The van der Waals surface area contributed by atoms with Crippen molar-refractivity contribution >= 4 is 22.4 Å². The fourth-order valence-electron chi connectivity index (χ4n) is 1.82. The number of benzene rings is 1. The van der Waals surface area contributed by atoms with Crippen LogP contribution in [0.3, 0.4) is 0 Å². The summed E-state index contributed by atoms with van der Waals surface area (Å²) in [6.07, 6.45) is 0.783.